The number of urea groups is 1. The fraction of sp³-hybridized carbons (Fsp3) is 0. The third-order valence-corrected chi connectivity index (χ3v) is 13.6. The molecule has 2 aliphatic carbocycles. The van der Waals surface area contributed by atoms with Gasteiger partial charge >= 0.3 is 6.03 Å². The topological polar surface area (TPSA) is 342 Å². The number of carbonyl (C=O) groups excluding carboxylic acids is 3. The number of rotatable bonds is 10. The summed E-state index contributed by atoms with van der Waals surface area (Å²) >= 11 is 0. The first-order valence-corrected chi connectivity index (χ1v) is 24.3. The molecule has 2 amide bonds. The third kappa shape index (κ3) is 8.82. The lowest BCUT2D eigenvalue weighted by molar-refractivity contribution is 0.105. The molecule has 0 aliphatic heterocycles. The Bertz CT molecular complexity index is 3530. The summed E-state index contributed by atoms with van der Waals surface area (Å²) in [5.74, 6) is -1.93. The SMILES string of the molecule is O=C(Nc1ccc2c(c1)C=C(S(=O)(=O)O)C(=NNc1cccc3c(S(=O)(=O)O)cccc13)C2=O)Nc1ccc2c(c1)C=C(S(=O)(=O)O)/C(=N/Nc1cccc3c(S(=O)(=O)O)cccc13)C2=O. The van der Waals surface area contributed by atoms with E-state index in [2.05, 4.69) is 31.7 Å². The van der Waals surface area contributed by atoms with Crippen molar-refractivity contribution in [3.8, 4) is 0 Å². The molecular formula is C41H28N6O15S4. The lowest BCUT2D eigenvalue weighted by Gasteiger charge is -2.18. The average molecular weight is 973 g/mol. The van der Waals surface area contributed by atoms with Crippen molar-refractivity contribution in [2.45, 2.75) is 9.79 Å². The number of benzene rings is 6. The second-order valence-electron chi connectivity index (χ2n) is 14.2. The van der Waals surface area contributed by atoms with Crippen LogP contribution in [0.4, 0.5) is 27.5 Å². The van der Waals surface area contributed by atoms with Crippen molar-refractivity contribution in [3.63, 3.8) is 0 Å². The van der Waals surface area contributed by atoms with Gasteiger partial charge in [-0.2, -0.15) is 43.9 Å². The van der Waals surface area contributed by atoms with Gasteiger partial charge in [-0.25, -0.2) is 4.79 Å². The fourth-order valence-electron chi connectivity index (χ4n) is 7.17. The smallest absolute Gasteiger partial charge is 0.308 e. The van der Waals surface area contributed by atoms with Gasteiger partial charge in [0.15, 0.2) is 11.4 Å². The standard InChI is InChI=1S/C41H28N6O15S4/c48-39-25-15-13-23(17-21(25)19-35(65(57,58)59)37(39)46-44-31-9-1-7-29-27(31)5-3-11-33(29)63(51,52)53)42-41(50)43-24-14-16-26-22(18-24)20-36(66(60,61)62)38(40(26)49)47-45-32-10-2-8-30-28(32)6-4-12-34(30)64(54,55)56/h1-20,44-45H,(H2,42,43,50)(H,51,52,53)(H,54,55,56)(H,57,58,59)(H,60,61,62)/b46-37-,47-38?. The van der Waals surface area contributed by atoms with Crippen LogP contribution in [0.2, 0.25) is 0 Å². The number of allylic oxidation sites excluding steroid dienone is 2. The molecule has 8 rings (SSSR count). The number of Topliss-reactive ketones (excluding diaryl/α,β-unsaturated/α-hetero) is 2. The molecular weight excluding hydrogens is 945 g/mol. The zero-order valence-corrected chi connectivity index (χ0v) is 36.1. The third-order valence-electron chi connectivity index (χ3n) is 10.0. The molecule has 6 aromatic rings. The maximum atomic E-state index is 13.6. The lowest BCUT2D eigenvalue weighted by atomic mass is 9.94. The highest BCUT2D eigenvalue weighted by molar-refractivity contribution is 7.91. The molecule has 0 heterocycles. The molecule has 0 aromatic heterocycles. The van der Waals surface area contributed by atoms with E-state index < -0.39 is 89.1 Å². The molecule has 0 saturated heterocycles. The molecule has 0 spiro atoms. The van der Waals surface area contributed by atoms with Crippen molar-refractivity contribution in [3.05, 3.63) is 141 Å². The summed E-state index contributed by atoms with van der Waals surface area (Å²) < 4.78 is 137. The Balaban J connectivity index is 1.02. The molecule has 25 heteroatoms. The molecule has 0 radical (unpaired) electrons. The number of hydrogen-bond donors (Lipinski definition) is 8. The predicted octanol–water partition coefficient (Wildman–Crippen LogP) is 5.92. The zero-order chi connectivity index (χ0) is 47.5. The fourth-order valence-corrected chi connectivity index (χ4v) is 9.90. The Morgan fingerprint density at radius 3 is 1.18 bits per heavy atom. The Hall–Kier alpha value is -7.49. The molecule has 6 aromatic carbocycles. The van der Waals surface area contributed by atoms with Gasteiger partial charge < -0.3 is 10.6 Å². The highest BCUT2D eigenvalue weighted by Gasteiger charge is 2.35. The largest absolute Gasteiger partial charge is 0.323 e. The van der Waals surface area contributed by atoms with Gasteiger partial charge in [0.1, 0.15) is 19.6 Å². The molecule has 0 unspecified atom stereocenters. The van der Waals surface area contributed by atoms with Gasteiger partial charge in [0.05, 0.1) is 11.4 Å². The summed E-state index contributed by atoms with van der Waals surface area (Å²) in [5.41, 5.74) is 3.53. The van der Waals surface area contributed by atoms with Crippen molar-refractivity contribution in [1.29, 1.82) is 0 Å². The van der Waals surface area contributed by atoms with Gasteiger partial charge in [0, 0.05) is 44.0 Å². The first-order valence-electron chi connectivity index (χ1n) is 18.5. The Morgan fingerprint density at radius 1 is 0.455 bits per heavy atom. The quantitative estimate of drug-likeness (QED) is 0.0583. The van der Waals surface area contributed by atoms with Crippen LogP contribution in [0.5, 0.6) is 0 Å². The van der Waals surface area contributed by atoms with Gasteiger partial charge in [-0.15, -0.1) is 0 Å². The minimum atomic E-state index is -5.12. The monoisotopic (exact) mass is 972 g/mol. The molecule has 66 heavy (non-hydrogen) atoms. The van der Waals surface area contributed by atoms with Crippen molar-refractivity contribution in [1.82, 2.24) is 0 Å². The second kappa shape index (κ2) is 16.5. The molecule has 0 saturated carbocycles. The highest BCUT2D eigenvalue weighted by Crippen LogP contribution is 2.33. The summed E-state index contributed by atoms with van der Waals surface area (Å²) in [7, 11) is -19.5. The Kier molecular flexibility index (Phi) is 11.3. The van der Waals surface area contributed by atoms with Crippen LogP contribution in [0.3, 0.4) is 0 Å². The van der Waals surface area contributed by atoms with Crippen LogP contribution >= 0.6 is 0 Å². The van der Waals surface area contributed by atoms with E-state index in [-0.39, 0.29) is 66.5 Å². The number of nitrogens with one attached hydrogen (secondary N) is 4. The van der Waals surface area contributed by atoms with Gasteiger partial charge in [-0.05, 0) is 83.9 Å². The number of anilines is 4. The second-order valence-corrected chi connectivity index (χ2v) is 19.8. The first kappa shape index (κ1) is 45.1. The van der Waals surface area contributed by atoms with E-state index in [0.29, 0.717) is 0 Å². The van der Waals surface area contributed by atoms with Crippen molar-refractivity contribution < 1.29 is 66.3 Å². The number of nitrogens with zero attached hydrogens (tertiary/aromatic N) is 2. The van der Waals surface area contributed by atoms with Gasteiger partial charge in [-0.1, -0.05) is 48.5 Å². The molecule has 21 nitrogen and oxygen atoms in total. The molecule has 0 fully saturated rings. The first-order chi connectivity index (χ1) is 31.0. The molecule has 336 valence electrons. The van der Waals surface area contributed by atoms with Crippen LogP contribution in [0.1, 0.15) is 31.8 Å². The minimum Gasteiger partial charge on any atom is -0.308 e. The van der Waals surface area contributed by atoms with Crippen LogP contribution < -0.4 is 21.5 Å². The predicted molar refractivity (Wildman–Crippen MR) is 243 cm³/mol. The van der Waals surface area contributed by atoms with E-state index in [1.54, 1.807) is 0 Å². The minimum absolute atomic E-state index is 0.0179. The number of fused-ring (bicyclic) bond motifs is 4. The molecule has 0 atom stereocenters. The molecule has 2 aliphatic rings. The highest BCUT2D eigenvalue weighted by atomic mass is 32.2. The maximum Gasteiger partial charge on any atom is 0.323 e. The Morgan fingerprint density at radius 2 is 0.818 bits per heavy atom. The van der Waals surface area contributed by atoms with Crippen molar-refractivity contribution in [2.24, 2.45) is 10.2 Å². The number of amides is 2. The van der Waals surface area contributed by atoms with Crippen LogP contribution in [0.25, 0.3) is 33.7 Å². The van der Waals surface area contributed by atoms with E-state index in [9.17, 15) is 66.3 Å². The summed E-state index contributed by atoms with van der Waals surface area (Å²) in [5, 5.41) is 13.5. The average Bonchev–Trinajstić information content (AvgIpc) is 3.23. The van der Waals surface area contributed by atoms with Crippen LogP contribution in [-0.2, 0) is 40.5 Å². The molecule has 8 N–H and O–H groups in total. The number of ketones is 2. The number of hydrazone groups is 2. The summed E-state index contributed by atoms with van der Waals surface area (Å²) in [4.78, 5) is 37.8. The summed E-state index contributed by atoms with van der Waals surface area (Å²) in [6, 6.07) is 23.1. The van der Waals surface area contributed by atoms with E-state index in [0.717, 1.165) is 12.2 Å². The zero-order valence-electron chi connectivity index (χ0n) is 32.9. The van der Waals surface area contributed by atoms with E-state index in [4.69, 9.17) is 0 Å². The van der Waals surface area contributed by atoms with Gasteiger partial charge in [0.25, 0.3) is 40.5 Å². The normalized spacial score (nSPS) is 15.5. The summed E-state index contributed by atoms with van der Waals surface area (Å²) in [6.07, 6.45) is 1.87. The van der Waals surface area contributed by atoms with Crippen LogP contribution in [-0.4, -0.2) is 80.9 Å². The van der Waals surface area contributed by atoms with E-state index in [1.165, 1.54) is 109 Å². The van der Waals surface area contributed by atoms with Crippen LogP contribution in [0, 0.1) is 0 Å². The maximum absolute atomic E-state index is 13.6. The van der Waals surface area contributed by atoms with Crippen LogP contribution in [0.15, 0.2) is 139 Å². The lowest BCUT2D eigenvalue weighted by Crippen LogP contribution is -2.27. The Labute approximate surface area is 373 Å². The van der Waals surface area contributed by atoms with Crippen molar-refractivity contribution in [2.75, 3.05) is 21.5 Å². The van der Waals surface area contributed by atoms with Gasteiger partial charge in [-0.3, -0.25) is 38.7 Å². The number of hydrogen-bond acceptors (Lipinski definition) is 15. The van der Waals surface area contributed by atoms with E-state index >= 15 is 0 Å². The van der Waals surface area contributed by atoms with Gasteiger partial charge in [0.2, 0.25) is 11.6 Å². The molecule has 0 bridgehead atoms. The number of carbonyl (C=O) groups is 3. The van der Waals surface area contributed by atoms with Crippen molar-refractivity contribution >= 4 is 126 Å². The van der Waals surface area contributed by atoms with E-state index in [1.807, 2.05) is 0 Å². The summed E-state index contributed by atoms with van der Waals surface area (Å²) in [6.45, 7) is 0.